The lowest BCUT2D eigenvalue weighted by molar-refractivity contribution is -0.137. The number of hydrogen-bond acceptors (Lipinski definition) is 2. The number of nitrogens with zero attached hydrogens (tertiary/aromatic N) is 1. The summed E-state index contributed by atoms with van der Waals surface area (Å²) >= 11 is 3.75. The van der Waals surface area contributed by atoms with Crippen LogP contribution in [-0.2, 0) is 6.18 Å². The van der Waals surface area contributed by atoms with Gasteiger partial charge in [0.25, 0.3) is 0 Å². The fourth-order valence-corrected chi connectivity index (χ4v) is 1.27. The topological polar surface area (TPSA) is 12.4 Å². The summed E-state index contributed by atoms with van der Waals surface area (Å²) in [5, 5.41) is 1.35. The number of thiol groups is 1. The Morgan fingerprint density at radius 2 is 2.00 bits per heavy atom. The first kappa shape index (κ1) is 12.8. The zero-order valence-corrected chi connectivity index (χ0v) is 9.39. The minimum atomic E-state index is -4.36. The van der Waals surface area contributed by atoms with Crippen LogP contribution in [0.4, 0.5) is 13.2 Å². The maximum Gasteiger partial charge on any atom is 0.417 e. The average Bonchev–Trinajstić information content (AvgIpc) is 2.19. The minimum absolute atomic E-state index is 0.0459. The summed E-state index contributed by atoms with van der Waals surface area (Å²) in [7, 11) is 0. The van der Waals surface area contributed by atoms with Gasteiger partial charge in [0.1, 0.15) is 0 Å². The van der Waals surface area contributed by atoms with Crippen molar-refractivity contribution in [1.82, 2.24) is 0 Å². The van der Waals surface area contributed by atoms with Crippen LogP contribution in [0.5, 0.6) is 0 Å². The third kappa shape index (κ3) is 3.41. The Bertz CT molecular complexity index is 422. The van der Waals surface area contributed by atoms with Crippen molar-refractivity contribution in [2.24, 2.45) is 4.99 Å². The van der Waals surface area contributed by atoms with E-state index in [2.05, 4.69) is 17.6 Å². The molecule has 0 aliphatic heterocycles. The van der Waals surface area contributed by atoms with Gasteiger partial charge in [0.2, 0.25) is 0 Å². The summed E-state index contributed by atoms with van der Waals surface area (Å²) in [4.78, 5) is 3.68. The van der Waals surface area contributed by atoms with Crippen LogP contribution in [0.25, 0.3) is 0 Å². The lowest BCUT2D eigenvalue weighted by atomic mass is 10.0. The van der Waals surface area contributed by atoms with E-state index in [4.69, 9.17) is 0 Å². The van der Waals surface area contributed by atoms with Crippen LogP contribution in [0.3, 0.4) is 0 Å². The van der Waals surface area contributed by atoms with Crippen molar-refractivity contribution >= 4 is 18.8 Å². The summed E-state index contributed by atoms with van der Waals surface area (Å²) in [6, 6.07) is 4.11. The number of benzene rings is 1. The van der Waals surface area contributed by atoms with Crippen LogP contribution < -0.4 is 0 Å². The standard InChI is InChI=1S/C11H10F3NS/c1-8-2-3-9(7-15-4-5-16)10(6-8)11(12,13)14/h2-7,16H,1H3/b5-4-,15-7?. The third-order valence-corrected chi connectivity index (χ3v) is 2.01. The lowest BCUT2D eigenvalue weighted by Gasteiger charge is -2.10. The molecular formula is C11H10F3NS. The Morgan fingerprint density at radius 1 is 1.31 bits per heavy atom. The van der Waals surface area contributed by atoms with Crippen molar-refractivity contribution in [3.8, 4) is 0 Å². The molecule has 0 bridgehead atoms. The fourth-order valence-electron chi connectivity index (χ4n) is 1.19. The molecule has 0 atom stereocenters. The first-order valence-corrected chi connectivity index (χ1v) is 4.97. The summed E-state index contributed by atoms with van der Waals surface area (Å²) in [6.07, 6.45) is -1.89. The van der Waals surface area contributed by atoms with Gasteiger partial charge in [-0.3, -0.25) is 4.99 Å². The molecule has 1 rings (SSSR count). The molecule has 1 aromatic rings. The van der Waals surface area contributed by atoms with Gasteiger partial charge in [-0.2, -0.15) is 13.2 Å². The SMILES string of the molecule is Cc1ccc(C=N/C=C\S)c(C(F)(F)F)c1. The van der Waals surface area contributed by atoms with Gasteiger partial charge in [-0.1, -0.05) is 17.7 Å². The molecule has 0 saturated heterocycles. The van der Waals surface area contributed by atoms with E-state index in [0.29, 0.717) is 5.56 Å². The van der Waals surface area contributed by atoms with E-state index in [1.165, 1.54) is 17.7 Å². The monoisotopic (exact) mass is 245 g/mol. The predicted molar refractivity (Wildman–Crippen MR) is 61.9 cm³/mol. The van der Waals surface area contributed by atoms with Crippen molar-refractivity contribution in [2.75, 3.05) is 0 Å². The molecule has 86 valence electrons. The molecule has 0 aliphatic carbocycles. The largest absolute Gasteiger partial charge is 0.417 e. The van der Waals surface area contributed by atoms with Crippen LogP contribution in [0.15, 0.2) is 34.8 Å². The van der Waals surface area contributed by atoms with E-state index >= 15 is 0 Å². The molecule has 0 unspecified atom stereocenters. The van der Waals surface area contributed by atoms with E-state index in [1.807, 2.05) is 0 Å². The van der Waals surface area contributed by atoms with Gasteiger partial charge in [-0.15, -0.1) is 12.6 Å². The molecule has 0 aliphatic rings. The van der Waals surface area contributed by atoms with Crippen LogP contribution >= 0.6 is 12.6 Å². The van der Waals surface area contributed by atoms with Gasteiger partial charge in [0, 0.05) is 18.0 Å². The van der Waals surface area contributed by atoms with Crippen LogP contribution in [-0.4, -0.2) is 6.21 Å². The van der Waals surface area contributed by atoms with Crippen molar-refractivity contribution in [3.63, 3.8) is 0 Å². The molecule has 0 aromatic heterocycles. The van der Waals surface area contributed by atoms with Crippen molar-refractivity contribution in [2.45, 2.75) is 13.1 Å². The van der Waals surface area contributed by atoms with Gasteiger partial charge in [0.15, 0.2) is 0 Å². The fraction of sp³-hybridized carbons (Fsp3) is 0.182. The first-order chi connectivity index (χ1) is 7.45. The number of alkyl halides is 3. The Hall–Kier alpha value is -1.23. The highest BCUT2D eigenvalue weighted by Gasteiger charge is 2.32. The number of aliphatic imine (C=N–C) groups is 1. The summed E-state index contributed by atoms with van der Waals surface area (Å²) < 4.78 is 37.9. The maximum atomic E-state index is 12.6. The first-order valence-electron chi connectivity index (χ1n) is 4.45. The molecule has 0 amide bonds. The van der Waals surface area contributed by atoms with Crippen molar-refractivity contribution in [1.29, 1.82) is 0 Å². The summed E-state index contributed by atoms with van der Waals surface area (Å²) in [5.41, 5.74) is -0.0671. The molecule has 1 aromatic carbocycles. The van der Waals surface area contributed by atoms with Gasteiger partial charge < -0.3 is 0 Å². The van der Waals surface area contributed by atoms with E-state index in [0.717, 1.165) is 12.3 Å². The molecule has 0 heterocycles. The molecule has 16 heavy (non-hydrogen) atoms. The molecule has 0 N–H and O–H groups in total. The molecule has 1 nitrogen and oxygen atoms in total. The Labute approximate surface area is 97.1 Å². The predicted octanol–water partition coefficient (Wildman–Crippen LogP) is 3.83. The van der Waals surface area contributed by atoms with Crippen LogP contribution in [0.1, 0.15) is 16.7 Å². The Kier molecular flexibility index (Phi) is 4.18. The zero-order chi connectivity index (χ0) is 12.2. The van der Waals surface area contributed by atoms with Gasteiger partial charge in [0.05, 0.1) is 5.56 Å². The van der Waals surface area contributed by atoms with Gasteiger partial charge in [-0.25, -0.2) is 0 Å². The van der Waals surface area contributed by atoms with Gasteiger partial charge >= 0.3 is 6.18 Å². The van der Waals surface area contributed by atoms with E-state index < -0.39 is 11.7 Å². The Balaban J connectivity index is 3.18. The highest BCUT2D eigenvalue weighted by atomic mass is 32.1. The van der Waals surface area contributed by atoms with Crippen molar-refractivity contribution < 1.29 is 13.2 Å². The number of halogens is 3. The molecule has 0 radical (unpaired) electrons. The minimum Gasteiger partial charge on any atom is -0.264 e. The van der Waals surface area contributed by atoms with Gasteiger partial charge in [-0.05, 0) is 18.4 Å². The summed E-state index contributed by atoms with van der Waals surface area (Å²) in [5.74, 6) is 0. The summed E-state index contributed by atoms with van der Waals surface area (Å²) in [6.45, 7) is 1.61. The quantitative estimate of drug-likeness (QED) is 0.600. The van der Waals surface area contributed by atoms with Crippen molar-refractivity contribution in [3.05, 3.63) is 46.5 Å². The third-order valence-electron chi connectivity index (χ3n) is 1.88. The van der Waals surface area contributed by atoms with Crippen LogP contribution in [0.2, 0.25) is 0 Å². The second-order valence-electron chi connectivity index (χ2n) is 3.16. The second-order valence-corrected chi connectivity index (χ2v) is 3.46. The molecule has 0 saturated carbocycles. The highest BCUT2D eigenvalue weighted by Crippen LogP contribution is 2.31. The normalized spacial score (nSPS) is 12.8. The molecule has 0 fully saturated rings. The van der Waals surface area contributed by atoms with E-state index in [1.54, 1.807) is 13.0 Å². The molecule has 0 spiro atoms. The highest BCUT2D eigenvalue weighted by molar-refractivity contribution is 7.83. The lowest BCUT2D eigenvalue weighted by Crippen LogP contribution is -2.09. The second kappa shape index (κ2) is 5.21. The number of hydrogen-bond donors (Lipinski definition) is 1. The molecule has 5 heteroatoms. The maximum absolute atomic E-state index is 12.6. The molecular weight excluding hydrogens is 235 g/mol. The van der Waals surface area contributed by atoms with E-state index in [-0.39, 0.29) is 5.56 Å². The average molecular weight is 245 g/mol. The zero-order valence-electron chi connectivity index (χ0n) is 8.49. The smallest absolute Gasteiger partial charge is 0.264 e. The van der Waals surface area contributed by atoms with Crippen LogP contribution in [0, 0.1) is 6.92 Å². The van der Waals surface area contributed by atoms with E-state index in [9.17, 15) is 13.2 Å². The number of aryl methyl sites for hydroxylation is 1. The Morgan fingerprint density at radius 3 is 2.56 bits per heavy atom. The number of rotatable bonds is 2.